The zero-order valence-electron chi connectivity index (χ0n) is 14.6. The molecule has 0 atom stereocenters. The Bertz CT molecular complexity index is 1260. The van der Waals surface area contributed by atoms with Crippen LogP contribution in [0.15, 0.2) is 59.5 Å². The minimum absolute atomic E-state index is 0.101. The van der Waals surface area contributed by atoms with Crippen LogP contribution in [0.3, 0.4) is 0 Å². The van der Waals surface area contributed by atoms with Crippen molar-refractivity contribution >= 4 is 33.3 Å². The number of ether oxygens (including phenoxy) is 1. The molecule has 0 saturated heterocycles. The Morgan fingerprint density at radius 2 is 1.83 bits per heavy atom. The smallest absolute Gasteiger partial charge is 0.338 e. The van der Waals surface area contributed by atoms with Crippen molar-refractivity contribution in [3.8, 4) is 16.9 Å². The van der Waals surface area contributed by atoms with Gasteiger partial charge < -0.3 is 9.84 Å². The van der Waals surface area contributed by atoms with Crippen LogP contribution < -0.4 is 4.72 Å². The van der Waals surface area contributed by atoms with E-state index in [4.69, 9.17) is 16.3 Å². The third-order valence-corrected chi connectivity index (χ3v) is 6.12. The topological polar surface area (TPSA) is 92.7 Å². The van der Waals surface area contributed by atoms with Crippen LogP contribution in [-0.2, 0) is 21.4 Å². The lowest BCUT2D eigenvalue weighted by Gasteiger charge is -2.13. The van der Waals surface area contributed by atoms with Crippen LogP contribution in [0.1, 0.15) is 15.9 Å². The monoisotopic (exact) mass is 433 g/mol. The number of hydrogen-bond donors (Lipinski definition) is 2. The summed E-state index contributed by atoms with van der Waals surface area (Å²) in [6.45, 7) is -0.101. The number of hydrogen-bond acceptors (Lipinski definition) is 5. The highest BCUT2D eigenvalue weighted by atomic mass is 35.5. The fraction of sp³-hybridized carbons (Fsp3) is 0.0500. The van der Waals surface area contributed by atoms with Gasteiger partial charge in [-0.05, 0) is 41.0 Å². The number of carbonyl (C=O) groups is 1. The lowest BCUT2D eigenvalue weighted by molar-refractivity contribution is 0.0473. The SMILES string of the molecule is O=C1OCc2ccccc2-c2ccc(F)c(c2)NS(=O)(=O)c2cc1cc(Cl)c2O. The largest absolute Gasteiger partial charge is 0.505 e. The van der Waals surface area contributed by atoms with Crippen LogP contribution in [0.4, 0.5) is 10.1 Å². The maximum Gasteiger partial charge on any atom is 0.338 e. The first-order valence-electron chi connectivity index (χ1n) is 8.36. The second-order valence-electron chi connectivity index (χ2n) is 6.34. The summed E-state index contributed by atoms with van der Waals surface area (Å²) in [4.78, 5) is 11.8. The average Bonchev–Trinajstić information content (AvgIpc) is 2.69. The Balaban J connectivity index is 1.99. The molecule has 0 fully saturated rings. The average molecular weight is 434 g/mol. The first-order valence-corrected chi connectivity index (χ1v) is 10.2. The summed E-state index contributed by atoms with van der Waals surface area (Å²) >= 11 is 5.90. The number of sulfonamides is 1. The molecule has 0 saturated carbocycles. The summed E-state index contributed by atoms with van der Waals surface area (Å²) in [7, 11) is -4.47. The summed E-state index contributed by atoms with van der Waals surface area (Å²) in [5.41, 5.74) is 1.32. The number of phenols is 1. The highest BCUT2D eigenvalue weighted by Gasteiger charge is 2.26. The first-order chi connectivity index (χ1) is 13.8. The third-order valence-electron chi connectivity index (χ3n) is 4.45. The molecule has 9 heteroatoms. The summed E-state index contributed by atoms with van der Waals surface area (Å²) in [6, 6.07) is 13.0. The van der Waals surface area contributed by atoms with Crippen LogP contribution in [0, 0.1) is 5.82 Å². The van der Waals surface area contributed by atoms with Gasteiger partial charge in [-0.1, -0.05) is 41.9 Å². The summed E-state index contributed by atoms with van der Waals surface area (Å²) in [5.74, 6) is -2.39. The van der Waals surface area contributed by atoms with Gasteiger partial charge >= 0.3 is 5.97 Å². The first kappa shape index (κ1) is 19.2. The van der Waals surface area contributed by atoms with Crippen molar-refractivity contribution in [2.45, 2.75) is 11.5 Å². The minimum atomic E-state index is -4.47. The second kappa shape index (κ2) is 7.06. The lowest BCUT2D eigenvalue weighted by atomic mass is 9.99. The van der Waals surface area contributed by atoms with E-state index in [0.717, 1.165) is 18.2 Å². The second-order valence-corrected chi connectivity index (χ2v) is 8.40. The predicted octanol–water partition coefficient (Wildman–Crippen LogP) is 4.32. The zero-order chi connectivity index (χ0) is 20.8. The molecule has 0 spiro atoms. The van der Waals surface area contributed by atoms with Gasteiger partial charge in [0, 0.05) is 0 Å². The third kappa shape index (κ3) is 3.52. The fourth-order valence-electron chi connectivity index (χ4n) is 3.02. The van der Waals surface area contributed by atoms with Gasteiger partial charge in [-0.15, -0.1) is 0 Å². The van der Waals surface area contributed by atoms with E-state index >= 15 is 0 Å². The number of nitrogens with one attached hydrogen (secondary N) is 1. The van der Waals surface area contributed by atoms with Gasteiger partial charge in [0.1, 0.15) is 17.3 Å². The molecule has 29 heavy (non-hydrogen) atoms. The highest BCUT2D eigenvalue weighted by Crippen LogP contribution is 2.36. The maximum absolute atomic E-state index is 14.4. The van der Waals surface area contributed by atoms with E-state index in [2.05, 4.69) is 4.72 Å². The van der Waals surface area contributed by atoms with E-state index in [0.29, 0.717) is 16.7 Å². The Hall–Kier alpha value is -3.10. The van der Waals surface area contributed by atoms with Crippen molar-refractivity contribution in [2.24, 2.45) is 0 Å². The summed E-state index contributed by atoms with van der Waals surface area (Å²) < 4.78 is 47.4. The summed E-state index contributed by atoms with van der Waals surface area (Å²) in [6.07, 6.45) is 0. The number of halogens is 2. The number of cyclic esters (lactones) is 1. The number of anilines is 1. The summed E-state index contributed by atoms with van der Waals surface area (Å²) in [5, 5.41) is 9.77. The van der Waals surface area contributed by atoms with Crippen molar-refractivity contribution in [3.05, 3.63) is 76.6 Å². The standard InChI is InChI=1S/C20H13ClFNO5S/c21-15-7-13-9-18(19(15)24)29(26,27)23-17-8-11(5-6-16(17)22)14-4-2-1-3-12(14)10-28-20(13)25/h1-9,23-24H,10H2. The van der Waals surface area contributed by atoms with Crippen LogP contribution in [-0.4, -0.2) is 19.5 Å². The molecule has 2 N–H and O–H groups in total. The number of carbonyl (C=O) groups excluding carboxylic acids is 1. The number of benzene rings is 3. The van der Waals surface area contributed by atoms with E-state index in [1.165, 1.54) is 12.1 Å². The zero-order valence-corrected chi connectivity index (χ0v) is 16.2. The van der Waals surface area contributed by atoms with Gasteiger partial charge in [-0.3, -0.25) is 4.72 Å². The number of fused-ring (bicyclic) bond motifs is 6. The van der Waals surface area contributed by atoms with Gasteiger partial charge in [0.2, 0.25) is 0 Å². The van der Waals surface area contributed by atoms with E-state index in [9.17, 15) is 22.7 Å². The van der Waals surface area contributed by atoms with Crippen LogP contribution in [0.25, 0.3) is 11.1 Å². The van der Waals surface area contributed by atoms with Crippen molar-refractivity contribution in [2.75, 3.05) is 4.72 Å². The molecule has 0 aliphatic carbocycles. The van der Waals surface area contributed by atoms with Gasteiger partial charge in [-0.2, -0.15) is 0 Å². The molecule has 3 aromatic carbocycles. The highest BCUT2D eigenvalue weighted by molar-refractivity contribution is 7.92. The molecule has 6 nitrogen and oxygen atoms in total. The van der Waals surface area contributed by atoms with Crippen molar-refractivity contribution in [1.82, 2.24) is 0 Å². The van der Waals surface area contributed by atoms with Crippen molar-refractivity contribution in [1.29, 1.82) is 0 Å². The maximum atomic E-state index is 14.4. The Kier molecular flexibility index (Phi) is 4.68. The molecule has 4 rings (SSSR count). The molecular weight excluding hydrogens is 421 g/mol. The normalized spacial score (nSPS) is 15.0. The fourth-order valence-corrected chi connectivity index (χ4v) is 4.50. The van der Waals surface area contributed by atoms with E-state index in [1.54, 1.807) is 24.3 Å². The van der Waals surface area contributed by atoms with Crippen molar-refractivity contribution in [3.63, 3.8) is 0 Å². The lowest BCUT2D eigenvalue weighted by Crippen LogP contribution is -2.15. The molecule has 3 aromatic rings. The number of phenolic OH excluding ortho intramolecular Hbond substituents is 1. The molecule has 1 aliphatic rings. The molecule has 1 heterocycles. The molecular formula is C20H13ClFNO5S. The van der Waals surface area contributed by atoms with Gasteiger partial charge in [0.15, 0.2) is 5.75 Å². The molecule has 0 amide bonds. The van der Waals surface area contributed by atoms with Crippen LogP contribution in [0.5, 0.6) is 5.75 Å². The molecule has 148 valence electrons. The number of rotatable bonds is 0. The number of esters is 1. The molecule has 4 bridgehead atoms. The Labute approximate surface area is 170 Å². The molecule has 0 unspecified atom stereocenters. The molecule has 0 radical (unpaired) electrons. The van der Waals surface area contributed by atoms with Crippen LogP contribution in [0.2, 0.25) is 5.02 Å². The molecule has 0 aromatic heterocycles. The van der Waals surface area contributed by atoms with Crippen LogP contribution >= 0.6 is 11.6 Å². The van der Waals surface area contributed by atoms with E-state index in [1.807, 2.05) is 0 Å². The Morgan fingerprint density at radius 3 is 2.62 bits per heavy atom. The molecule has 1 aliphatic heterocycles. The van der Waals surface area contributed by atoms with Gasteiger partial charge in [-0.25, -0.2) is 17.6 Å². The van der Waals surface area contributed by atoms with E-state index in [-0.39, 0.29) is 22.9 Å². The van der Waals surface area contributed by atoms with Crippen molar-refractivity contribution < 1.29 is 27.4 Å². The Morgan fingerprint density at radius 1 is 1.07 bits per heavy atom. The van der Waals surface area contributed by atoms with Gasteiger partial charge in [0.25, 0.3) is 10.0 Å². The number of aromatic hydroxyl groups is 1. The quantitative estimate of drug-likeness (QED) is 0.515. The predicted molar refractivity (Wildman–Crippen MR) is 105 cm³/mol. The van der Waals surface area contributed by atoms with Gasteiger partial charge in [0.05, 0.1) is 16.3 Å². The minimum Gasteiger partial charge on any atom is -0.505 e. The van der Waals surface area contributed by atoms with E-state index < -0.39 is 32.5 Å².